The quantitative estimate of drug-likeness (QED) is 0.832. The van der Waals surface area contributed by atoms with Crippen molar-refractivity contribution in [3.63, 3.8) is 0 Å². The number of nitrogens with zero attached hydrogens (tertiary/aromatic N) is 5. The highest BCUT2D eigenvalue weighted by Crippen LogP contribution is 2.30. The maximum atomic E-state index is 13.5. The number of hydrogen-bond acceptors (Lipinski definition) is 5. The van der Waals surface area contributed by atoms with Gasteiger partial charge < -0.3 is 10.6 Å². The van der Waals surface area contributed by atoms with Gasteiger partial charge in [-0.15, -0.1) is 0 Å². The molecule has 4 rings (SSSR count). The van der Waals surface area contributed by atoms with E-state index >= 15 is 0 Å². The van der Waals surface area contributed by atoms with Gasteiger partial charge in [0, 0.05) is 39.0 Å². The van der Waals surface area contributed by atoms with Crippen molar-refractivity contribution in [2.75, 3.05) is 39.0 Å². The number of amides is 1. The topological polar surface area (TPSA) is 80.3 Å². The highest BCUT2D eigenvalue weighted by molar-refractivity contribution is 5.93. The van der Waals surface area contributed by atoms with Crippen molar-refractivity contribution in [2.45, 2.75) is 25.7 Å². The van der Waals surface area contributed by atoms with Crippen LogP contribution >= 0.6 is 0 Å². The summed E-state index contributed by atoms with van der Waals surface area (Å²) < 4.78 is 28.7. The molecule has 2 aromatic rings. The van der Waals surface area contributed by atoms with E-state index in [4.69, 9.17) is 5.73 Å². The molecule has 0 spiro atoms. The normalized spacial score (nSPS) is 22.1. The van der Waals surface area contributed by atoms with Gasteiger partial charge in [0.2, 0.25) is 0 Å². The van der Waals surface area contributed by atoms with Crippen LogP contribution in [-0.4, -0.2) is 69.6 Å². The van der Waals surface area contributed by atoms with E-state index in [-0.39, 0.29) is 37.5 Å². The first-order valence-electron chi connectivity index (χ1n) is 10.1. The van der Waals surface area contributed by atoms with Crippen LogP contribution in [0.15, 0.2) is 30.5 Å². The molecule has 9 heteroatoms. The number of carbonyl (C=O) groups is 1. The monoisotopic (exact) mass is 416 g/mol. The number of rotatable bonds is 3. The summed E-state index contributed by atoms with van der Waals surface area (Å²) >= 11 is 0. The van der Waals surface area contributed by atoms with Gasteiger partial charge in [0.15, 0.2) is 5.69 Å². The van der Waals surface area contributed by atoms with E-state index in [1.54, 1.807) is 29.1 Å². The van der Waals surface area contributed by atoms with Crippen molar-refractivity contribution in [2.24, 2.45) is 5.92 Å². The van der Waals surface area contributed by atoms with Crippen LogP contribution in [0.25, 0.3) is 17.1 Å². The Kier molecular flexibility index (Phi) is 5.31. The number of pyridine rings is 1. The summed E-state index contributed by atoms with van der Waals surface area (Å²) in [5, 5.41) is 4.58. The minimum absolute atomic E-state index is 0.0244. The van der Waals surface area contributed by atoms with Gasteiger partial charge in [-0.1, -0.05) is 13.0 Å². The third-order valence-corrected chi connectivity index (χ3v) is 5.54. The maximum Gasteiger partial charge on any atom is 0.274 e. The Hall–Kier alpha value is -2.81. The lowest BCUT2D eigenvalue weighted by molar-refractivity contribution is -0.0495. The summed E-state index contributed by atoms with van der Waals surface area (Å²) in [5.41, 5.74) is 8.81. The number of anilines is 1. The summed E-state index contributed by atoms with van der Waals surface area (Å²) in [6, 6.07) is 5.22. The van der Waals surface area contributed by atoms with Crippen LogP contribution < -0.4 is 5.73 Å². The third-order valence-electron chi connectivity index (χ3n) is 5.54. The van der Waals surface area contributed by atoms with E-state index in [0.717, 1.165) is 12.2 Å². The number of aromatic nitrogens is 3. The lowest BCUT2D eigenvalue weighted by atomic mass is 10.1. The van der Waals surface area contributed by atoms with Crippen molar-refractivity contribution >= 4 is 17.3 Å². The van der Waals surface area contributed by atoms with Crippen LogP contribution in [0.2, 0.25) is 0 Å². The number of halogens is 2. The van der Waals surface area contributed by atoms with Gasteiger partial charge in [-0.2, -0.15) is 5.10 Å². The number of piperidine rings is 1. The predicted molar refractivity (Wildman–Crippen MR) is 111 cm³/mol. The van der Waals surface area contributed by atoms with E-state index in [1.165, 1.54) is 4.90 Å². The smallest absolute Gasteiger partial charge is 0.274 e. The molecule has 160 valence electrons. The lowest BCUT2D eigenvalue weighted by Gasteiger charge is -2.31. The van der Waals surface area contributed by atoms with Gasteiger partial charge in [0.1, 0.15) is 0 Å². The molecule has 0 bridgehead atoms. The summed E-state index contributed by atoms with van der Waals surface area (Å²) in [7, 11) is 2.04. The Morgan fingerprint density at radius 3 is 2.63 bits per heavy atom. The maximum absolute atomic E-state index is 13.5. The minimum Gasteiger partial charge on any atom is -0.397 e. The molecule has 30 heavy (non-hydrogen) atoms. The number of carbonyl (C=O) groups excluding carboxylic acids is 1. The van der Waals surface area contributed by atoms with Crippen LogP contribution in [0.1, 0.15) is 30.3 Å². The molecule has 0 radical (unpaired) electrons. The zero-order valence-electron chi connectivity index (χ0n) is 17.2. The third kappa shape index (κ3) is 4.21. The van der Waals surface area contributed by atoms with Crippen LogP contribution in [0.5, 0.6) is 0 Å². The molecule has 1 amide bonds. The zero-order valence-corrected chi connectivity index (χ0v) is 17.2. The van der Waals surface area contributed by atoms with Gasteiger partial charge in [-0.25, -0.2) is 13.5 Å². The molecule has 2 N–H and O–H groups in total. The van der Waals surface area contributed by atoms with Gasteiger partial charge in [-0.05, 0) is 31.2 Å². The molecule has 0 aromatic carbocycles. The van der Waals surface area contributed by atoms with E-state index in [2.05, 4.69) is 28.0 Å². The Balaban J connectivity index is 1.71. The lowest BCUT2D eigenvalue weighted by Crippen LogP contribution is -2.42. The van der Waals surface area contributed by atoms with Crippen LogP contribution in [0.3, 0.4) is 0 Å². The molecule has 1 atom stereocenters. The number of alkyl halides is 2. The molecule has 2 aliphatic rings. The molecule has 1 unspecified atom stereocenters. The molecular formula is C21H26F2N6O. The van der Waals surface area contributed by atoms with Crippen molar-refractivity contribution in [1.29, 1.82) is 0 Å². The molecule has 2 aromatic heterocycles. The first-order valence-corrected chi connectivity index (χ1v) is 10.1. The molecule has 0 saturated carbocycles. The van der Waals surface area contributed by atoms with Gasteiger partial charge in [-0.3, -0.25) is 14.7 Å². The van der Waals surface area contributed by atoms with Crippen LogP contribution in [0, 0.1) is 5.92 Å². The molecule has 7 nitrogen and oxygen atoms in total. The largest absolute Gasteiger partial charge is 0.397 e. The number of likely N-dealkylation sites (N-methyl/N-ethyl adjacent to an activating group) is 1. The molecule has 1 fully saturated rings. The zero-order chi connectivity index (χ0) is 21.5. The first kappa shape index (κ1) is 20.5. The second-order valence-electron chi connectivity index (χ2n) is 8.28. The number of nitrogen functional groups attached to an aromatic ring is 1. The highest BCUT2D eigenvalue weighted by atomic mass is 19.3. The Bertz CT molecular complexity index is 958. The van der Waals surface area contributed by atoms with Gasteiger partial charge in [0.05, 0.1) is 29.0 Å². The number of hydrogen-bond donors (Lipinski definition) is 1. The van der Waals surface area contributed by atoms with E-state index in [0.29, 0.717) is 29.5 Å². The molecule has 2 aliphatic heterocycles. The second-order valence-corrected chi connectivity index (χ2v) is 8.28. The van der Waals surface area contributed by atoms with Crippen LogP contribution in [-0.2, 0) is 0 Å². The number of nitrogens with two attached hydrogens (primary N) is 1. The number of likely N-dealkylation sites (tertiary alicyclic amines) is 1. The molecule has 0 aliphatic carbocycles. The van der Waals surface area contributed by atoms with Crippen molar-refractivity contribution in [3.8, 4) is 11.4 Å². The average molecular weight is 416 g/mol. The molecular weight excluding hydrogens is 390 g/mol. The van der Waals surface area contributed by atoms with E-state index < -0.39 is 5.92 Å². The fourth-order valence-electron chi connectivity index (χ4n) is 4.05. The van der Waals surface area contributed by atoms with E-state index in [9.17, 15) is 13.6 Å². The second kappa shape index (κ2) is 7.79. The summed E-state index contributed by atoms with van der Waals surface area (Å²) in [6.07, 6.45) is 3.06. The fraction of sp³-hybridized carbons (Fsp3) is 0.476. The van der Waals surface area contributed by atoms with Crippen molar-refractivity contribution in [3.05, 3.63) is 36.2 Å². The van der Waals surface area contributed by atoms with Gasteiger partial charge in [0.25, 0.3) is 11.8 Å². The summed E-state index contributed by atoms with van der Waals surface area (Å²) in [4.78, 5) is 21.0. The summed E-state index contributed by atoms with van der Waals surface area (Å²) in [6.45, 7) is 3.79. The molecule has 4 heterocycles. The highest BCUT2D eigenvalue weighted by Gasteiger charge is 2.36. The van der Waals surface area contributed by atoms with Crippen molar-refractivity contribution in [1.82, 2.24) is 24.6 Å². The van der Waals surface area contributed by atoms with E-state index in [1.807, 2.05) is 7.05 Å². The first-order chi connectivity index (χ1) is 14.2. The van der Waals surface area contributed by atoms with Gasteiger partial charge >= 0.3 is 0 Å². The average Bonchev–Trinajstić information content (AvgIpc) is 3.13. The molecule has 1 saturated heterocycles. The minimum atomic E-state index is -2.71. The Morgan fingerprint density at radius 2 is 2.00 bits per heavy atom. The van der Waals surface area contributed by atoms with Crippen molar-refractivity contribution < 1.29 is 13.6 Å². The predicted octanol–water partition coefficient (Wildman–Crippen LogP) is 2.82. The Labute approximate surface area is 174 Å². The SMILES string of the molecule is CC1C=C(n2nc(C(=O)N3CCC(F)(F)CC3)cc2-c2ccc(N)cn2)CN(C)C1. The van der Waals surface area contributed by atoms with Crippen LogP contribution in [0.4, 0.5) is 14.5 Å². The Morgan fingerprint density at radius 1 is 1.27 bits per heavy atom. The summed E-state index contributed by atoms with van der Waals surface area (Å²) in [5.74, 6) is -2.71. The fourth-order valence-corrected chi connectivity index (χ4v) is 4.05. The standard InChI is InChI=1S/C21H26F2N6O/c1-14-9-16(13-27(2)12-14)29-19(17-4-3-15(24)11-25-17)10-18(26-29)20(30)28-7-5-21(22,23)6-8-28/h3-4,9-11,14H,5-8,12-13,24H2,1-2H3.